The van der Waals surface area contributed by atoms with Crippen LogP contribution in [-0.4, -0.2) is 42.4 Å². The molecule has 0 amide bonds. The Kier molecular flexibility index (Phi) is 11.8. The van der Waals surface area contributed by atoms with Crippen LogP contribution in [0.2, 0.25) is 38.3 Å². The molecule has 0 fully saturated rings. The van der Waals surface area contributed by atoms with E-state index in [1.165, 1.54) is 18.9 Å². The van der Waals surface area contributed by atoms with Gasteiger partial charge in [0.2, 0.25) is 0 Å². The molecule has 6 heteroatoms. The van der Waals surface area contributed by atoms with E-state index < -0.39 is 16.6 Å². The van der Waals surface area contributed by atoms with E-state index in [0.717, 1.165) is 25.5 Å². The predicted octanol–water partition coefficient (Wildman–Crippen LogP) is 5.13. The first-order valence-corrected chi connectivity index (χ1v) is 15.4. The number of unbranched alkanes of at least 4 members (excludes halogenated alkanes) is 1. The van der Waals surface area contributed by atoms with Crippen LogP contribution in [0.15, 0.2) is 12.2 Å². The summed E-state index contributed by atoms with van der Waals surface area (Å²) in [7, 11) is -3.09. The molecule has 0 aromatic carbocycles. The van der Waals surface area contributed by atoms with Crippen LogP contribution in [0, 0.1) is 0 Å². The van der Waals surface area contributed by atoms with Crippen molar-refractivity contribution in [2.45, 2.75) is 77.8 Å². The van der Waals surface area contributed by atoms with Gasteiger partial charge in [-0.25, -0.2) is 4.79 Å². The Labute approximate surface area is 151 Å². The molecule has 0 aliphatic heterocycles. The van der Waals surface area contributed by atoms with Crippen LogP contribution in [0.3, 0.4) is 0 Å². The summed E-state index contributed by atoms with van der Waals surface area (Å²) in [5.74, 6) is -0.324. The largest absolute Gasteiger partial charge is 0.462 e. The Morgan fingerprint density at radius 3 is 2.00 bits per heavy atom. The van der Waals surface area contributed by atoms with E-state index in [9.17, 15) is 4.79 Å². The lowest BCUT2D eigenvalue weighted by molar-refractivity contribution is -0.139. The monoisotopic (exact) mass is 374 g/mol. The Hall–Kier alpha value is -0.436. The van der Waals surface area contributed by atoms with Crippen molar-refractivity contribution in [1.29, 1.82) is 0 Å². The van der Waals surface area contributed by atoms with E-state index in [4.69, 9.17) is 13.6 Å². The van der Waals surface area contributed by atoms with Gasteiger partial charge in [0.25, 0.3) is 0 Å². The fourth-order valence-electron chi connectivity index (χ4n) is 2.60. The van der Waals surface area contributed by atoms with Crippen LogP contribution >= 0.6 is 0 Å². The van der Waals surface area contributed by atoms with Crippen LogP contribution in [0.4, 0.5) is 0 Å². The van der Waals surface area contributed by atoms with Crippen molar-refractivity contribution in [3.8, 4) is 0 Å². The molecule has 0 aromatic rings. The number of rotatable bonds is 14. The minimum absolute atomic E-state index is 0.324. The Bertz CT molecular complexity index is 381. The average molecular weight is 375 g/mol. The quantitative estimate of drug-likeness (QED) is 0.183. The average Bonchev–Trinajstić information content (AvgIpc) is 2.46. The highest BCUT2D eigenvalue weighted by atomic mass is 28.4. The summed E-state index contributed by atoms with van der Waals surface area (Å²) in [5, 5.41) is 0. The van der Waals surface area contributed by atoms with E-state index >= 15 is 0 Å². The number of hydrogen-bond donors (Lipinski definition) is 0. The molecular weight excluding hydrogens is 336 g/mol. The van der Waals surface area contributed by atoms with Crippen molar-refractivity contribution < 1.29 is 18.4 Å². The normalized spacial score (nSPS) is 12.2. The lowest BCUT2D eigenvalue weighted by atomic mass is 10.4. The number of hydrogen-bond acceptors (Lipinski definition) is 4. The summed E-state index contributed by atoms with van der Waals surface area (Å²) < 4.78 is 17.2. The summed E-state index contributed by atoms with van der Waals surface area (Å²) in [6.07, 6.45) is 4.30. The molecule has 0 aliphatic carbocycles. The van der Waals surface area contributed by atoms with Crippen molar-refractivity contribution in [3.05, 3.63) is 12.2 Å². The minimum atomic E-state index is -1.59. The lowest BCUT2D eigenvalue weighted by Crippen LogP contribution is -2.44. The molecule has 24 heavy (non-hydrogen) atoms. The van der Waals surface area contributed by atoms with E-state index in [-0.39, 0.29) is 5.97 Å². The topological polar surface area (TPSA) is 44.8 Å². The standard InChI is InChI=1S/C18H38O4Si2/c1-8-9-15-23(4,5)22-24(6,7)16-11-13-20-12-10-14-21-18(19)17(2)3/h2,8-16H2,1,3-7H3. The van der Waals surface area contributed by atoms with Crippen molar-refractivity contribution in [2.75, 3.05) is 19.8 Å². The molecule has 0 N–H and O–H groups in total. The highest BCUT2D eigenvalue weighted by molar-refractivity contribution is 6.84. The molecule has 0 unspecified atom stereocenters. The summed E-state index contributed by atoms with van der Waals surface area (Å²) in [6.45, 7) is 18.6. The molecule has 0 saturated carbocycles. The smallest absolute Gasteiger partial charge is 0.333 e. The first-order valence-electron chi connectivity index (χ1n) is 9.20. The van der Waals surface area contributed by atoms with Crippen molar-refractivity contribution in [2.24, 2.45) is 0 Å². The maximum absolute atomic E-state index is 11.2. The van der Waals surface area contributed by atoms with Crippen LogP contribution in [0.1, 0.15) is 39.5 Å². The van der Waals surface area contributed by atoms with E-state index in [1.807, 2.05) is 0 Å². The highest BCUT2D eigenvalue weighted by Crippen LogP contribution is 2.24. The van der Waals surface area contributed by atoms with E-state index in [0.29, 0.717) is 18.8 Å². The van der Waals surface area contributed by atoms with Gasteiger partial charge in [-0.15, -0.1) is 0 Å². The number of carbonyl (C=O) groups is 1. The van der Waals surface area contributed by atoms with Gasteiger partial charge in [-0.1, -0.05) is 26.3 Å². The maximum atomic E-state index is 11.2. The first-order chi connectivity index (χ1) is 11.1. The van der Waals surface area contributed by atoms with Crippen molar-refractivity contribution in [3.63, 3.8) is 0 Å². The van der Waals surface area contributed by atoms with Gasteiger partial charge in [-0.05, 0) is 51.6 Å². The maximum Gasteiger partial charge on any atom is 0.333 e. The summed E-state index contributed by atoms with van der Waals surface area (Å²) >= 11 is 0. The van der Waals surface area contributed by atoms with Gasteiger partial charge in [0.15, 0.2) is 16.6 Å². The Balaban J connectivity index is 3.75. The molecule has 0 radical (unpaired) electrons. The zero-order valence-electron chi connectivity index (χ0n) is 16.7. The molecular formula is C18H38O4Si2. The third-order valence-corrected chi connectivity index (χ3v) is 11.3. The van der Waals surface area contributed by atoms with Crippen molar-refractivity contribution >= 4 is 22.6 Å². The van der Waals surface area contributed by atoms with Crippen LogP contribution < -0.4 is 0 Å². The van der Waals surface area contributed by atoms with Crippen molar-refractivity contribution in [1.82, 2.24) is 0 Å². The molecule has 0 rings (SSSR count). The zero-order chi connectivity index (χ0) is 18.6. The second-order valence-electron chi connectivity index (χ2n) is 7.71. The predicted molar refractivity (Wildman–Crippen MR) is 106 cm³/mol. The summed E-state index contributed by atoms with van der Waals surface area (Å²) in [6, 6.07) is 2.40. The van der Waals surface area contributed by atoms with E-state index in [2.05, 4.69) is 39.7 Å². The number of carbonyl (C=O) groups excluding carboxylic acids is 1. The second kappa shape index (κ2) is 12.0. The molecule has 0 saturated heterocycles. The van der Waals surface area contributed by atoms with Gasteiger partial charge in [-0.3, -0.25) is 0 Å². The Morgan fingerprint density at radius 1 is 0.917 bits per heavy atom. The molecule has 0 atom stereocenters. The number of ether oxygens (including phenoxy) is 2. The van der Waals surface area contributed by atoms with Crippen LogP contribution in [0.25, 0.3) is 0 Å². The van der Waals surface area contributed by atoms with Crippen LogP contribution in [-0.2, 0) is 18.4 Å². The lowest BCUT2D eigenvalue weighted by Gasteiger charge is -2.34. The van der Waals surface area contributed by atoms with Gasteiger partial charge >= 0.3 is 5.97 Å². The van der Waals surface area contributed by atoms with E-state index in [1.54, 1.807) is 6.92 Å². The fraction of sp³-hybridized carbons (Fsp3) is 0.833. The summed E-state index contributed by atoms with van der Waals surface area (Å²) in [4.78, 5) is 11.2. The molecule has 4 nitrogen and oxygen atoms in total. The first kappa shape index (κ1) is 23.6. The molecule has 0 bridgehead atoms. The third-order valence-electron chi connectivity index (χ3n) is 3.77. The molecule has 0 aromatic heterocycles. The van der Waals surface area contributed by atoms with Gasteiger partial charge in [-0.2, -0.15) is 0 Å². The SMILES string of the molecule is C=C(C)C(=O)OCCCOCCC[Si](C)(C)O[Si](C)(C)CCCC. The molecule has 0 heterocycles. The van der Waals surface area contributed by atoms with Gasteiger partial charge in [0.05, 0.1) is 6.61 Å². The highest BCUT2D eigenvalue weighted by Gasteiger charge is 2.31. The zero-order valence-corrected chi connectivity index (χ0v) is 18.7. The Morgan fingerprint density at radius 2 is 1.46 bits per heavy atom. The fourth-order valence-corrected chi connectivity index (χ4v) is 11.6. The second-order valence-corrected chi connectivity index (χ2v) is 16.6. The van der Waals surface area contributed by atoms with Crippen LogP contribution in [0.5, 0.6) is 0 Å². The van der Waals surface area contributed by atoms with Gasteiger partial charge in [0.1, 0.15) is 0 Å². The molecule has 0 aliphatic rings. The summed E-state index contributed by atoms with van der Waals surface area (Å²) in [5.41, 5.74) is 0.438. The number of esters is 1. The molecule has 0 spiro atoms. The minimum Gasteiger partial charge on any atom is -0.462 e. The van der Waals surface area contributed by atoms with Gasteiger partial charge < -0.3 is 13.6 Å². The molecule has 142 valence electrons. The third kappa shape index (κ3) is 12.9. The van der Waals surface area contributed by atoms with Gasteiger partial charge in [0, 0.05) is 25.2 Å².